The molecule has 1 rings (SSSR count). The Hall–Kier alpha value is -0.880. The van der Waals surface area contributed by atoms with Crippen molar-refractivity contribution in [1.82, 2.24) is 0 Å². The second-order valence-electron chi connectivity index (χ2n) is 3.57. The molecule has 6 heteroatoms. The molecule has 0 aliphatic rings. The largest absolute Gasteiger partial charge is 0.493 e. The molecule has 0 saturated heterocycles. The zero-order chi connectivity index (χ0) is 14.3. The highest BCUT2D eigenvalue weighted by atomic mass is 79.9. The normalized spacial score (nSPS) is 10.1. The van der Waals surface area contributed by atoms with E-state index in [0.29, 0.717) is 29.6 Å². The molecule has 4 nitrogen and oxygen atoms in total. The van der Waals surface area contributed by atoms with E-state index in [2.05, 4.69) is 15.9 Å². The minimum absolute atomic E-state index is 0.191. The van der Waals surface area contributed by atoms with Gasteiger partial charge < -0.3 is 14.2 Å². The zero-order valence-corrected chi connectivity index (χ0v) is 13.6. The van der Waals surface area contributed by atoms with Gasteiger partial charge in [0.25, 0.3) is 0 Å². The summed E-state index contributed by atoms with van der Waals surface area (Å²) < 4.78 is 16.2. The molecule has 0 spiro atoms. The topological polar surface area (TPSA) is 44.8 Å². The molecule has 0 aliphatic heterocycles. The number of ether oxygens (including phenoxy) is 3. The number of carbonyl (C=O) groups is 1. The molecule has 0 heterocycles. The van der Waals surface area contributed by atoms with Crippen LogP contribution < -0.4 is 9.47 Å². The van der Waals surface area contributed by atoms with Crippen molar-refractivity contribution < 1.29 is 19.0 Å². The predicted molar refractivity (Wildman–Crippen MR) is 80.0 cm³/mol. The quantitative estimate of drug-likeness (QED) is 0.707. The highest BCUT2D eigenvalue weighted by Gasteiger charge is 2.13. The van der Waals surface area contributed by atoms with Crippen LogP contribution in [0, 0.1) is 0 Å². The molecular weight excluding hydrogens is 332 g/mol. The number of carbonyl (C=O) groups excluding carboxylic acids is 1. The number of esters is 1. The maximum atomic E-state index is 11.2. The number of halogens is 1. The summed E-state index contributed by atoms with van der Waals surface area (Å²) in [7, 11) is 3.19. The second kappa shape index (κ2) is 8.32. The molecule has 0 aliphatic carbocycles. The molecule has 0 bridgehead atoms. The van der Waals surface area contributed by atoms with Crippen LogP contribution in [0.1, 0.15) is 12.5 Å². The summed E-state index contributed by atoms with van der Waals surface area (Å²) >= 11 is 5.00. The SMILES string of the molecule is CCOC(=O)CSCc1ccc(OC)c(OC)c1Br. The Morgan fingerprint density at radius 2 is 2.05 bits per heavy atom. The Labute approximate surface area is 125 Å². The van der Waals surface area contributed by atoms with E-state index in [1.807, 2.05) is 12.1 Å². The van der Waals surface area contributed by atoms with Crippen LogP contribution in [-0.2, 0) is 15.3 Å². The highest BCUT2D eigenvalue weighted by Crippen LogP contribution is 2.38. The average Bonchev–Trinajstić information content (AvgIpc) is 2.40. The van der Waals surface area contributed by atoms with Gasteiger partial charge in [0, 0.05) is 5.75 Å². The van der Waals surface area contributed by atoms with E-state index in [-0.39, 0.29) is 5.97 Å². The third-order valence-electron chi connectivity index (χ3n) is 2.35. The van der Waals surface area contributed by atoms with Gasteiger partial charge in [0.05, 0.1) is 31.1 Å². The first-order chi connectivity index (χ1) is 9.13. The van der Waals surface area contributed by atoms with E-state index in [9.17, 15) is 4.79 Å². The van der Waals surface area contributed by atoms with Crippen LogP contribution >= 0.6 is 27.7 Å². The Morgan fingerprint density at radius 1 is 1.32 bits per heavy atom. The molecule has 0 atom stereocenters. The molecule has 19 heavy (non-hydrogen) atoms. The molecule has 1 aromatic rings. The van der Waals surface area contributed by atoms with Gasteiger partial charge in [-0.2, -0.15) is 0 Å². The minimum Gasteiger partial charge on any atom is -0.493 e. The summed E-state index contributed by atoms with van der Waals surface area (Å²) in [5.74, 6) is 2.18. The molecule has 0 fully saturated rings. The number of rotatable bonds is 7. The fraction of sp³-hybridized carbons (Fsp3) is 0.462. The molecular formula is C13H17BrO4S. The minimum atomic E-state index is -0.191. The van der Waals surface area contributed by atoms with Gasteiger partial charge in [0.1, 0.15) is 0 Å². The fourth-order valence-corrected chi connectivity index (χ4v) is 3.12. The Morgan fingerprint density at radius 3 is 2.63 bits per heavy atom. The highest BCUT2D eigenvalue weighted by molar-refractivity contribution is 9.10. The lowest BCUT2D eigenvalue weighted by molar-refractivity contribution is -0.139. The Kier molecular flexibility index (Phi) is 7.09. The van der Waals surface area contributed by atoms with Crippen molar-refractivity contribution in [3.63, 3.8) is 0 Å². The van der Waals surface area contributed by atoms with Crippen LogP contribution in [-0.4, -0.2) is 32.5 Å². The van der Waals surface area contributed by atoms with Crippen molar-refractivity contribution in [2.24, 2.45) is 0 Å². The lowest BCUT2D eigenvalue weighted by Crippen LogP contribution is -2.06. The van der Waals surface area contributed by atoms with Crippen LogP contribution in [0.25, 0.3) is 0 Å². The van der Waals surface area contributed by atoms with Crippen LogP contribution in [0.15, 0.2) is 16.6 Å². The van der Waals surface area contributed by atoms with Gasteiger partial charge in [-0.1, -0.05) is 6.07 Å². The monoisotopic (exact) mass is 348 g/mol. The average molecular weight is 349 g/mol. The predicted octanol–water partition coefficient (Wildman–Crippen LogP) is 3.26. The van der Waals surface area contributed by atoms with E-state index >= 15 is 0 Å². The number of benzene rings is 1. The van der Waals surface area contributed by atoms with E-state index in [1.54, 1.807) is 21.1 Å². The van der Waals surface area contributed by atoms with Crippen molar-refractivity contribution >= 4 is 33.7 Å². The first kappa shape index (κ1) is 16.2. The van der Waals surface area contributed by atoms with Crippen molar-refractivity contribution in [2.45, 2.75) is 12.7 Å². The van der Waals surface area contributed by atoms with Crippen LogP contribution in [0.2, 0.25) is 0 Å². The standard InChI is InChI=1S/C13H17BrO4S/c1-4-18-11(15)8-19-7-9-5-6-10(16-2)13(17-3)12(9)14/h5-6H,4,7-8H2,1-3H3. The number of hydrogen-bond acceptors (Lipinski definition) is 5. The molecule has 1 aromatic carbocycles. The summed E-state index contributed by atoms with van der Waals surface area (Å²) in [6.07, 6.45) is 0. The number of methoxy groups -OCH3 is 2. The van der Waals surface area contributed by atoms with Gasteiger partial charge in [-0.3, -0.25) is 4.79 Å². The Bertz CT molecular complexity index is 437. The third-order valence-corrected chi connectivity index (χ3v) is 4.17. The third kappa shape index (κ3) is 4.62. The molecule has 0 radical (unpaired) electrons. The zero-order valence-electron chi connectivity index (χ0n) is 11.2. The van der Waals surface area contributed by atoms with E-state index in [1.165, 1.54) is 11.8 Å². The summed E-state index contributed by atoms with van der Waals surface area (Å²) in [4.78, 5) is 11.2. The first-order valence-corrected chi connectivity index (χ1v) is 7.71. The van der Waals surface area contributed by atoms with Gasteiger partial charge in [-0.05, 0) is 34.5 Å². The summed E-state index contributed by atoms with van der Waals surface area (Å²) in [5, 5.41) is 0. The smallest absolute Gasteiger partial charge is 0.315 e. The van der Waals surface area contributed by atoms with Gasteiger partial charge in [-0.25, -0.2) is 0 Å². The number of hydrogen-bond donors (Lipinski definition) is 0. The van der Waals surface area contributed by atoms with Crippen LogP contribution in [0.4, 0.5) is 0 Å². The summed E-state index contributed by atoms with van der Waals surface area (Å²) in [6.45, 7) is 2.22. The van der Waals surface area contributed by atoms with Crippen molar-refractivity contribution in [1.29, 1.82) is 0 Å². The lowest BCUT2D eigenvalue weighted by Gasteiger charge is -2.12. The molecule has 0 unspecified atom stereocenters. The maximum absolute atomic E-state index is 11.2. The first-order valence-electron chi connectivity index (χ1n) is 5.76. The van der Waals surface area contributed by atoms with E-state index < -0.39 is 0 Å². The van der Waals surface area contributed by atoms with E-state index in [4.69, 9.17) is 14.2 Å². The number of thioether (sulfide) groups is 1. The maximum Gasteiger partial charge on any atom is 0.315 e. The van der Waals surface area contributed by atoms with Crippen molar-refractivity contribution in [2.75, 3.05) is 26.6 Å². The molecule has 0 saturated carbocycles. The van der Waals surface area contributed by atoms with Crippen molar-refractivity contribution in [3.05, 3.63) is 22.2 Å². The fourth-order valence-electron chi connectivity index (χ4n) is 1.49. The molecule has 0 aromatic heterocycles. The Balaban J connectivity index is 2.67. The molecule has 0 amide bonds. The lowest BCUT2D eigenvalue weighted by atomic mass is 10.2. The van der Waals surface area contributed by atoms with Gasteiger partial charge >= 0.3 is 5.97 Å². The molecule has 106 valence electrons. The molecule has 0 N–H and O–H groups in total. The van der Waals surface area contributed by atoms with Crippen molar-refractivity contribution in [3.8, 4) is 11.5 Å². The van der Waals surface area contributed by atoms with Gasteiger partial charge in [0.2, 0.25) is 0 Å². The van der Waals surface area contributed by atoms with E-state index in [0.717, 1.165) is 10.0 Å². The van der Waals surface area contributed by atoms with Crippen LogP contribution in [0.5, 0.6) is 11.5 Å². The summed E-state index contributed by atoms with van der Waals surface area (Å²) in [5.41, 5.74) is 1.05. The van der Waals surface area contributed by atoms with Gasteiger partial charge in [-0.15, -0.1) is 11.8 Å². The second-order valence-corrected chi connectivity index (χ2v) is 5.35. The van der Waals surface area contributed by atoms with Crippen LogP contribution in [0.3, 0.4) is 0 Å². The van der Waals surface area contributed by atoms with Gasteiger partial charge in [0.15, 0.2) is 11.5 Å². The summed E-state index contributed by atoms with van der Waals surface area (Å²) in [6, 6.07) is 3.80.